The molecule has 1 aromatic rings. The Morgan fingerprint density at radius 3 is 2.62 bits per heavy atom. The van der Waals surface area contributed by atoms with Gasteiger partial charge in [-0.25, -0.2) is 4.99 Å². The van der Waals surface area contributed by atoms with Gasteiger partial charge in [0, 0.05) is 45.0 Å². The number of carbonyl (C=O) groups is 1. The van der Waals surface area contributed by atoms with Crippen LogP contribution in [0.1, 0.15) is 19.5 Å². The molecule has 0 aliphatic carbocycles. The molecule has 1 aromatic heterocycles. The van der Waals surface area contributed by atoms with E-state index in [9.17, 15) is 4.79 Å². The molecule has 0 aliphatic heterocycles. The summed E-state index contributed by atoms with van der Waals surface area (Å²) in [4.78, 5) is 24.0. The van der Waals surface area contributed by atoms with Gasteiger partial charge in [-0.1, -0.05) is 6.07 Å². The first-order valence-corrected chi connectivity index (χ1v) is 7.27. The minimum Gasteiger partial charge on any atom is -0.370 e. The van der Waals surface area contributed by atoms with Crippen molar-refractivity contribution in [3.63, 3.8) is 0 Å². The number of pyridine rings is 1. The number of aliphatic imine (C=N–C) groups is 1. The van der Waals surface area contributed by atoms with Crippen molar-refractivity contribution < 1.29 is 4.79 Å². The SMILES string of the molecule is CCN(CC)C(N)=NCC(=O)N(C)CCc1ccccn1. The summed E-state index contributed by atoms with van der Waals surface area (Å²) in [6, 6.07) is 5.77. The second-order valence-electron chi connectivity index (χ2n) is 4.73. The van der Waals surface area contributed by atoms with E-state index >= 15 is 0 Å². The van der Waals surface area contributed by atoms with Crippen molar-refractivity contribution in [1.29, 1.82) is 0 Å². The van der Waals surface area contributed by atoms with Gasteiger partial charge < -0.3 is 15.5 Å². The molecule has 0 aliphatic rings. The third kappa shape index (κ3) is 5.81. The first-order chi connectivity index (χ1) is 10.1. The minimum absolute atomic E-state index is 0.0407. The molecule has 116 valence electrons. The lowest BCUT2D eigenvalue weighted by molar-refractivity contribution is -0.128. The summed E-state index contributed by atoms with van der Waals surface area (Å²) >= 11 is 0. The predicted molar refractivity (Wildman–Crippen MR) is 85.0 cm³/mol. The van der Waals surface area contributed by atoms with Gasteiger partial charge in [-0.05, 0) is 26.0 Å². The third-order valence-corrected chi connectivity index (χ3v) is 3.32. The van der Waals surface area contributed by atoms with Crippen LogP contribution in [0.15, 0.2) is 29.4 Å². The number of likely N-dealkylation sites (N-methyl/N-ethyl adjacent to an activating group) is 1. The Morgan fingerprint density at radius 1 is 1.33 bits per heavy atom. The molecule has 21 heavy (non-hydrogen) atoms. The molecule has 1 amide bonds. The molecule has 6 nitrogen and oxygen atoms in total. The maximum absolute atomic E-state index is 12.0. The first-order valence-electron chi connectivity index (χ1n) is 7.27. The highest BCUT2D eigenvalue weighted by Crippen LogP contribution is 1.97. The van der Waals surface area contributed by atoms with Gasteiger partial charge in [-0.15, -0.1) is 0 Å². The van der Waals surface area contributed by atoms with Crippen molar-refractivity contribution in [3.05, 3.63) is 30.1 Å². The van der Waals surface area contributed by atoms with Crippen LogP contribution >= 0.6 is 0 Å². The van der Waals surface area contributed by atoms with E-state index in [1.807, 2.05) is 36.9 Å². The van der Waals surface area contributed by atoms with Crippen molar-refractivity contribution in [2.24, 2.45) is 10.7 Å². The topological polar surface area (TPSA) is 74.8 Å². The molecule has 0 saturated heterocycles. The summed E-state index contributed by atoms with van der Waals surface area (Å²) in [6.07, 6.45) is 2.49. The average Bonchev–Trinajstić information content (AvgIpc) is 2.52. The number of aromatic nitrogens is 1. The van der Waals surface area contributed by atoms with Crippen molar-refractivity contribution in [2.75, 3.05) is 33.2 Å². The van der Waals surface area contributed by atoms with E-state index in [1.54, 1.807) is 18.1 Å². The van der Waals surface area contributed by atoms with Crippen LogP contribution in [0.2, 0.25) is 0 Å². The summed E-state index contributed by atoms with van der Waals surface area (Å²) in [6.45, 7) is 6.29. The van der Waals surface area contributed by atoms with Crippen molar-refractivity contribution in [2.45, 2.75) is 20.3 Å². The van der Waals surface area contributed by atoms with Gasteiger partial charge in [-0.3, -0.25) is 9.78 Å². The summed E-state index contributed by atoms with van der Waals surface area (Å²) in [5, 5.41) is 0. The smallest absolute Gasteiger partial charge is 0.244 e. The van der Waals surface area contributed by atoms with E-state index < -0.39 is 0 Å². The monoisotopic (exact) mass is 291 g/mol. The summed E-state index contributed by atoms with van der Waals surface area (Å²) in [5.41, 5.74) is 6.82. The molecule has 0 fully saturated rings. The van der Waals surface area contributed by atoms with Gasteiger partial charge in [0.05, 0.1) is 0 Å². The second kappa shape index (κ2) is 8.94. The second-order valence-corrected chi connectivity index (χ2v) is 4.73. The zero-order chi connectivity index (χ0) is 15.7. The quantitative estimate of drug-likeness (QED) is 0.594. The van der Waals surface area contributed by atoms with Crippen LogP contribution in [0.4, 0.5) is 0 Å². The average molecular weight is 291 g/mol. The van der Waals surface area contributed by atoms with Gasteiger partial charge in [0.1, 0.15) is 6.54 Å². The van der Waals surface area contributed by atoms with Gasteiger partial charge in [0.15, 0.2) is 5.96 Å². The Morgan fingerprint density at radius 2 is 2.05 bits per heavy atom. The van der Waals surface area contributed by atoms with E-state index in [4.69, 9.17) is 5.73 Å². The van der Waals surface area contributed by atoms with Gasteiger partial charge >= 0.3 is 0 Å². The molecule has 1 rings (SSSR count). The van der Waals surface area contributed by atoms with Crippen molar-refractivity contribution in [3.8, 4) is 0 Å². The van der Waals surface area contributed by atoms with E-state index in [1.165, 1.54) is 0 Å². The fraction of sp³-hybridized carbons (Fsp3) is 0.533. The maximum Gasteiger partial charge on any atom is 0.244 e. The van der Waals surface area contributed by atoms with Crippen LogP contribution in [0.5, 0.6) is 0 Å². The Labute approximate surface area is 126 Å². The molecular formula is C15H25N5O. The Hall–Kier alpha value is -2.11. The molecule has 0 radical (unpaired) electrons. The molecule has 6 heteroatoms. The number of rotatable bonds is 7. The highest BCUT2D eigenvalue weighted by Gasteiger charge is 2.09. The molecule has 1 heterocycles. The molecule has 0 spiro atoms. The standard InChI is InChI=1S/C15H25N5O/c1-4-20(5-2)15(16)18-12-14(21)19(3)11-9-13-8-6-7-10-17-13/h6-8,10H,4-5,9,11-12H2,1-3H3,(H2,16,18). The van der Waals surface area contributed by atoms with Crippen LogP contribution < -0.4 is 5.73 Å². The van der Waals surface area contributed by atoms with E-state index in [-0.39, 0.29) is 12.5 Å². The molecule has 0 saturated carbocycles. The van der Waals surface area contributed by atoms with E-state index in [0.29, 0.717) is 12.5 Å². The number of carbonyl (C=O) groups excluding carboxylic acids is 1. The lowest BCUT2D eigenvalue weighted by Gasteiger charge is -2.20. The zero-order valence-corrected chi connectivity index (χ0v) is 13.1. The molecule has 0 bridgehead atoms. The van der Waals surface area contributed by atoms with Crippen LogP contribution in [0.25, 0.3) is 0 Å². The Balaban J connectivity index is 2.42. The summed E-state index contributed by atoms with van der Waals surface area (Å²) in [7, 11) is 1.77. The van der Waals surface area contributed by atoms with Gasteiger partial charge in [-0.2, -0.15) is 0 Å². The number of amides is 1. The third-order valence-electron chi connectivity index (χ3n) is 3.32. The van der Waals surface area contributed by atoms with Gasteiger partial charge in [0.2, 0.25) is 5.91 Å². The Bertz CT molecular complexity index is 456. The molecule has 0 atom stereocenters. The first kappa shape index (κ1) is 16.9. The maximum atomic E-state index is 12.0. The molecular weight excluding hydrogens is 266 g/mol. The molecule has 2 N–H and O–H groups in total. The van der Waals surface area contributed by atoms with E-state index in [0.717, 1.165) is 25.2 Å². The van der Waals surface area contributed by atoms with Gasteiger partial charge in [0.25, 0.3) is 0 Å². The Kier molecular flexibility index (Phi) is 7.21. The number of nitrogens with two attached hydrogens (primary N) is 1. The van der Waals surface area contributed by atoms with Crippen LogP contribution in [-0.4, -0.2) is 59.9 Å². The lowest BCUT2D eigenvalue weighted by atomic mass is 10.2. The summed E-state index contributed by atoms with van der Waals surface area (Å²) in [5.74, 6) is 0.382. The highest BCUT2D eigenvalue weighted by molar-refractivity contribution is 5.83. The van der Waals surface area contributed by atoms with Crippen LogP contribution in [0, 0.1) is 0 Å². The highest BCUT2D eigenvalue weighted by atomic mass is 16.2. The molecule has 0 aromatic carbocycles. The normalized spacial score (nSPS) is 11.3. The number of hydrogen-bond acceptors (Lipinski definition) is 3. The minimum atomic E-state index is -0.0407. The largest absolute Gasteiger partial charge is 0.370 e. The number of guanidine groups is 1. The summed E-state index contributed by atoms with van der Waals surface area (Å²) < 4.78 is 0. The zero-order valence-electron chi connectivity index (χ0n) is 13.1. The van der Waals surface area contributed by atoms with Crippen LogP contribution in [0.3, 0.4) is 0 Å². The molecule has 0 unspecified atom stereocenters. The number of nitrogens with zero attached hydrogens (tertiary/aromatic N) is 4. The van der Waals surface area contributed by atoms with Crippen LogP contribution in [-0.2, 0) is 11.2 Å². The fourth-order valence-electron chi connectivity index (χ4n) is 1.87. The fourth-order valence-corrected chi connectivity index (χ4v) is 1.87. The van der Waals surface area contributed by atoms with Crippen molar-refractivity contribution in [1.82, 2.24) is 14.8 Å². The van der Waals surface area contributed by atoms with Crippen molar-refractivity contribution >= 4 is 11.9 Å². The predicted octanol–water partition coefficient (Wildman–Crippen LogP) is 0.739. The van der Waals surface area contributed by atoms with E-state index in [2.05, 4.69) is 9.98 Å². The number of hydrogen-bond donors (Lipinski definition) is 1. The lowest BCUT2D eigenvalue weighted by Crippen LogP contribution is -2.38.